The summed E-state index contributed by atoms with van der Waals surface area (Å²) in [7, 11) is 1.24. The summed E-state index contributed by atoms with van der Waals surface area (Å²) in [6.07, 6.45) is 5.74. The van der Waals surface area contributed by atoms with Gasteiger partial charge in [-0.3, -0.25) is 19.3 Å². The van der Waals surface area contributed by atoms with Crippen LogP contribution in [0.1, 0.15) is 5.69 Å². The number of hydrogen-bond acceptors (Lipinski definition) is 13. The van der Waals surface area contributed by atoms with Crippen LogP contribution in [0.25, 0.3) is 0 Å². The number of nitrogens with one attached hydrogen (secondary N) is 2. The molecule has 4 heterocycles. The van der Waals surface area contributed by atoms with Crippen LogP contribution in [0.2, 0.25) is 0 Å². The summed E-state index contributed by atoms with van der Waals surface area (Å²) < 4.78 is 1.41. The fourth-order valence-corrected chi connectivity index (χ4v) is 6.45. The highest BCUT2D eigenvalue weighted by molar-refractivity contribution is 8.01. The minimum Gasteiger partial charge on any atom is -0.477 e. The number of thiazole rings is 1. The van der Waals surface area contributed by atoms with E-state index in [1.54, 1.807) is 0 Å². The van der Waals surface area contributed by atoms with Crippen molar-refractivity contribution in [2.45, 2.75) is 23.1 Å². The number of β-lactam (4-membered cyclic amide) rings is 1. The number of amides is 3. The first-order valence-electron chi connectivity index (χ1n) is 10.2. The second-order valence-electron chi connectivity index (χ2n) is 7.15. The second kappa shape index (κ2) is 11.4. The van der Waals surface area contributed by atoms with Crippen LogP contribution in [0, 0.1) is 12.3 Å². The summed E-state index contributed by atoms with van der Waals surface area (Å²) in [6, 6.07) is -0.989. The third-order valence-electron chi connectivity index (χ3n) is 4.98. The summed E-state index contributed by atoms with van der Waals surface area (Å²) in [5, 5.41) is 31.3. The van der Waals surface area contributed by atoms with E-state index in [9.17, 15) is 24.3 Å². The first kappa shape index (κ1) is 26.1. The number of terminal acetylenes is 1. The Bertz CT molecular complexity index is 1350. The number of aromatic nitrogens is 5. The highest BCUT2D eigenvalue weighted by Gasteiger charge is 2.54. The van der Waals surface area contributed by atoms with Crippen molar-refractivity contribution in [3.63, 3.8) is 0 Å². The van der Waals surface area contributed by atoms with Crippen LogP contribution in [-0.4, -0.2) is 95.1 Å². The summed E-state index contributed by atoms with van der Waals surface area (Å²) in [5.41, 5.74) is 0.288. The van der Waals surface area contributed by atoms with Gasteiger partial charge in [-0.1, -0.05) is 22.8 Å². The zero-order chi connectivity index (χ0) is 26.5. The average molecular weight is 564 g/mol. The molecule has 2 aliphatic rings. The van der Waals surface area contributed by atoms with Crippen LogP contribution in [0.15, 0.2) is 27.0 Å². The number of aliphatic carboxylic acids is 1. The number of tetrazole rings is 1. The predicted molar refractivity (Wildman–Crippen MR) is 132 cm³/mol. The van der Waals surface area contributed by atoms with E-state index in [0.717, 1.165) is 16.2 Å². The molecule has 3 N–H and O–H groups in total. The Kier molecular flexibility index (Phi) is 8.05. The van der Waals surface area contributed by atoms with E-state index in [1.807, 2.05) is 0 Å². The highest BCUT2D eigenvalue weighted by atomic mass is 32.2. The van der Waals surface area contributed by atoms with Gasteiger partial charge in [0, 0.05) is 16.9 Å². The Morgan fingerprint density at radius 3 is 3.00 bits per heavy atom. The third kappa shape index (κ3) is 5.28. The summed E-state index contributed by atoms with van der Waals surface area (Å²) >= 11 is 3.58. The van der Waals surface area contributed by atoms with E-state index in [0.29, 0.717) is 22.9 Å². The minimum absolute atomic E-state index is 0.131. The SMILES string of the molecule is C#CCn1nnnc1SCC1=C(C(=O)O)N2C(=O)C(NC(=O)/C(=N/OC)c3csc(NC=O)n3)[C@H]2SC1. The van der Waals surface area contributed by atoms with Gasteiger partial charge in [-0.15, -0.1) is 34.6 Å². The molecule has 1 unspecified atom stereocenters. The van der Waals surface area contributed by atoms with Gasteiger partial charge in [0.05, 0.1) is 0 Å². The fourth-order valence-electron chi connectivity index (χ4n) is 3.44. The largest absolute Gasteiger partial charge is 0.477 e. The standard InChI is InChI=1S/C19H17N9O6S3/c1-3-4-27-19(23-25-26-27)37-6-9-5-35-16-12(15(31)28(16)13(9)17(32)33)22-14(30)11(24-34-2)10-7-36-18(21-10)20-8-29/h1,7-8,12,16H,4-6H2,2H3,(H,22,30)(H,32,33)(H,20,21,29)/b24-11+/t12?,16-/m1/s1. The molecule has 18 heteroatoms. The Hall–Kier alpha value is -3.95. The molecule has 2 aromatic heterocycles. The molecule has 0 bridgehead atoms. The molecule has 1 saturated heterocycles. The van der Waals surface area contributed by atoms with E-state index in [1.165, 1.54) is 40.7 Å². The lowest BCUT2D eigenvalue weighted by atomic mass is 10.0. The van der Waals surface area contributed by atoms with Crippen LogP contribution < -0.4 is 10.6 Å². The Labute approximate surface area is 221 Å². The van der Waals surface area contributed by atoms with Crippen molar-refractivity contribution >= 4 is 69.9 Å². The molecule has 0 aliphatic carbocycles. The molecular formula is C19H17N9O6S3. The molecular weight excluding hydrogens is 546 g/mol. The van der Waals surface area contributed by atoms with Crippen molar-refractivity contribution < 1.29 is 29.1 Å². The number of thioether (sulfide) groups is 2. The van der Waals surface area contributed by atoms with Crippen molar-refractivity contribution in [2.75, 3.05) is 23.9 Å². The Morgan fingerprint density at radius 2 is 2.30 bits per heavy atom. The third-order valence-corrected chi connectivity index (χ3v) is 8.14. The summed E-state index contributed by atoms with van der Waals surface area (Å²) in [5.74, 6) is 0.365. The monoisotopic (exact) mass is 563 g/mol. The molecule has 4 rings (SSSR count). The van der Waals surface area contributed by atoms with Crippen LogP contribution in [0.4, 0.5) is 5.13 Å². The molecule has 0 radical (unpaired) electrons. The van der Waals surface area contributed by atoms with Gasteiger partial charge in [0.1, 0.15) is 36.5 Å². The van der Waals surface area contributed by atoms with Crippen LogP contribution in [0.5, 0.6) is 0 Å². The summed E-state index contributed by atoms with van der Waals surface area (Å²) in [4.78, 5) is 58.6. The quantitative estimate of drug-likeness (QED) is 0.0771. The first-order chi connectivity index (χ1) is 17.9. The topological polar surface area (TPSA) is 194 Å². The van der Waals surface area contributed by atoms with E-state index in [4.69, 9.17) is 11.3 Å². The zero-order valence-electron chi connectivity index (χ0n) is 18.9. The van der Waals surface area contributed by atoms with Gasteiger partial charge in [0.15, 0.2) is 10.8 Å². The number of carbonyl (C=O) groups is 4. The average Bonchev–Trinajstić information content (AvgIpc) is 3.53. The molecule has 192 valence electrons. The molecule has 0 spiro atoms. The number of carboxylic acids is 1. The lowest BCUT2D eigenvalue weighted by Gasteiger charge is -2.49. The number of fused-ring (bicyclic) bond motifs is 1. The molecule has 2 aliphatic heterocycles. The fraction of sp³-hybridized carbons (Fsp3) is 0.316. The van der Waals surface area contributed by atoms with Crippen LogP contribution in [-0.2, 0) is 30.6 Å². The van der Waals surface area contributed by atoms with Gasteiger partial charge in [-0.2, -0.15) is 0 Å². The number of rotatable bonds is 11. The van der Waals surface area contributed by atoms with E-state index in [2.05, 4.69) is 42.2 Å². The van der Waals surface area contributed by atoms with E-state index >= 15 is 0 Å². The van der Waals surface area contributed by atoms with Gasteiger partial charge in [-0.25, -0.2) is 14.5 Å². The van der Waals surface area contributed by atoms with Gasteiger partial charge >= 0.3 is 5.97 Å². The molecule has 2 atom stereocenters. The van der Waals surface area contributed by atoms with Crippen molar-refractivity contribution in [1.29, 1.82) is 0 Å². The molecule has 15 nitrogen and oxygen atoms in total. The number of nitrogens with zero attached hydrogens (tertiary/aromatic N) is 7. The maximum atomic E-state index is 13.0. The lowest BCUT2D eigenvalue weighted by molar-refractivity contribution is -0.150. The van der Waals surface area contributed by atoms with Crippen molar-refractivity contribution in [2.24, 2.45) is 5.16 Å². The second-order valence-corrected chi connectivity index (χ2v) is 10.1. The van der Waals surface area contributed by atoms with Crippen molar-refractivity contribution in [1.82, 2.24) is 35.4 Å². The highest BCUT2D eigenvalue weighted by Crippen LogP contribution is 2.41. The van der Waals surface area contributed by atoms with Gasteiger partial charge in [0.2, 0.25) is 11.6 Å². The number of carboxylic acid groups (broad SMARTS) is 1. The van der Waals surface area contributed by atoms with E-state index < -0.39 is 29.2 Å². The Morgan fingerprint density at radius 1 is 1.49 bits per heavy atom. The number of oxime groups is 1. The van der Waals surface area contributed by atoms with Gasteiger partial charge in [-0.05, 0) is 16.0 Å². The molecule has 0 saturated carbocycles. The molecule has 2 aromatic rings. The number of carbonyl (C=O) groups excluding carboxylic acids is 3. The van der Waals surface area contributed by atoms with Crippen molar-refractivity contribution in [3.05, 3.63) is 22.3 Å². The zero-order valence-corrected chi connectivity index (χ0v) is 21.3. The normalized spacial score (nSPS) is 19.0. The van der Waals surface area contributed by atoms with Gasteiger partial charge < -0.3 is 20.6 Å². The van der Waals surface area contributed by atoms with Crippen LogP contribution >= 0.6 is 34.9 Å². The first-order valence-corrected chi connectivity index (χ1v) is 13.1. The smallest absolute Gasteiger partial charge is 0.352 e. The van der Waals surface area contributed by atoms with Gasteiger partial charge in [0.25, 0.3) is 11.8 Å². The maximum absolute atomic E-state index is 13.0. The summed E-state index contributed by atoms with van der Waals surface area (Å²) in [6.45, 7) is 0.160. The van der Waals surface area contributed by atoms with E-state index in [-0.39, 0.29) is 34.5 Å². The Balaban J connectivity index is 1.48. The number of hydrogen-bond donors (Lipinski definition) is 3. The van der Waals surface area contributed by atoms with Crippen molar-refractivity contribution in [3.8, 4) is 12.3 Å². The maximum Gasteiger partial charge on any atom is 0.352 e. The molecule has 1 fully saturated rings. The molecule has 37 heavy (non-hydrogen) atoms. The molecule has 0 aromatic carbocycles. The number of anilines is 1. The van der Waals surface area contributed by atoms with Crippen LogP contribution in [0.3, 0.4) is 0 Å². The minimum atomic E-state index is -1.26. The molecule has 3 amide bonds. The lowest BCUT2D eigenvalue weighted by Crippen LogP contribution is -2.71. The predicted octanol–water partition coefficient (Wildman–Crippen LogP) is -0.787.